The summed E-state index contributed by atoms with van der Waals surface area (Å²) in [6.07, 6.45) is 1.55. The number of aromatic nitrogens is 3. The minimum absolute atomic E-state index is 0.0564. The zero-order chi connectivity index (χ0) is 19.6. The van der Waals surface area contributed by atoms with Gasteiger partial charge >= 0.3 is 0 Å². The average molecular weight is 375 g/mol. The molecule has 0 bridgehead atoms. The van der Waals surface area contributed by atoms with Gasteiger partial charge in [-0.2, -0.15) is 4.98 Å². The molecule has 9 nitrogen and oxygen atoms in total. The number of hydrogen-bond donors (Lipinski definition) is 0. The maximum atomic E-state index is 12.7. The molecule has 1 saturated heterocycles. The highest BCUT2D eigenvalue weighted by atomic mass is 16.5. The molecule has 1 atom stereocenters. The fraction of sp³-hybridized carbons (Fsp3) is 0.611. The smallest absolute Gasteiger partial charge is 0.249 e. The van der Waals surface area contributed by atoms with Crippen LogP contribution >= 0.6 is 0 Å². The van der Waals surface area contributed by atoms with E-state index in [4.69, 9.17) is 9.05 Å². The molecule has 3 heterocycles. The summed E-state index contributed by atoms with van der Waals surface area (Å²) in [5.41, 5.74) is 1.81. The van der Waals surface area contributed by atoms with E-state index in [2.05, 4.69) is 15.3 Å². The van der Waals surface area contributed by atoms with Gasteiger partial charge in [0.25, 0.3) is 0 Å². The van der Waals surface area contributed by atoms with Gasteiger partial charge in [-0.25, -0.2) is 0 Å². The largest absolute Gasteiger partial charge is 0.361 e. The Morgan fingerprint density at radius 3 is 2.48 bits per heavy atom. The van der Waals surface area contributed by atoms with Crippen LogP contribution in [-0.2, 0) is 16.0 Å². The topological polar surface area (TPSA) is 106 Å². The minimum atomic E-state index is -0.302. The van der Waals surface area contributed by atoms with E-state index in [-0.39, 0.29) is 17.9 Å². The van der Waals surface area contributed by atoms with E-state index in [9.17, 15) is 9.59 Å². The Morgan fingerprint density at radius 2 is 1.89 bits per heavy atom. The molecule has 1 aliphatic rings. The first-order chi connectivity index (χ1) is 12.9. The lowest BCUT2D eigenvalue weighted by molar-refractivity contribution is -0.133. The van der Waals surface area contributed by atoms with E-state index in [0.717, 1.165) is 17.0 Å². The second-order valence-electron chi connectivity index (χ2n) is 6.88. The first kappa shape index (κ1) is 19.1. The summed E-state index contributed by atoms with van der Waals surface area (Å²) in [5.74, 6) is 1.70. The Labute approximate surface area is 157 Å². The second-order valence-corrected chi connectivity index (χ2v) is 6.88. The number of hydrogen-bond acceptors (Lipinski definition) is 7. The van der Waals surface area contributed by atoms with Crippen molar-refractivity contribution in [3.05, 3.63) is 28.7 Å². The lowest BCUT2D eigenvalue weighted by Crippen LogP contribution is -2.37. The van der Waals surface area contributed by atoms with Crippen molar-refractivity contribution in [2.24, 2.45) is 0 Å². The second kappa shape index (κ2) is 7.89. The third-order valence-corrected chi connectivity index (χ3v) is 5.02. The monoisotopic (exact) mass is 375 g/mol. The molecule has 27 heavy (non-hydrogen) atoms. The van der Waals surface area contributed by atoms with E-state index in [0.29, 0.717) is 50.6 Å². The lowest BCUT2D eigenvalue weighted by atomic mass is 10.1. The molecule has 2 amide bonds. The molecule has 1 unspecified atom stereocenters. The number of aryl methyl sites for hydroxylation is 3. The van der Waals surface area contributed by atoms with Crippen molar-refractivity contribution in [2.45, 2.75) is 53.0 Å². The molecular formula is C18H25N5O4. The number of rotatable bonds is 4. The molecule has 0 radical (unpaired) electrons. The first-order valence-electron chi connectivity index (χ1n) is 9.13. The number of nitrogens with zero attached hydrogens (tertiary/aromatic N) is 5. The Kier molecular flexibility index (Phi) is 5.57. The third-order valence-electron chi connectivity index (χ3n) is 5.02. The summed E-state index contributed by atoms with van der Waals surface area (Å²) < 4.78 is 10.4. The zero-order valence-corrected chi connectivity index (χ0v) is 16.2. The average Bonchev–Trinajstić information content (AvgIpc) is 3.10. The van der Waals surface area contributed by atoms with Gasteiger partial charge < -0.3 is 18.8 Å². The SMILES string of the molecule is CC(=O)N1CCN(C(=O)CCc2c(C)noc2C)CCC1c1nc(C)no1. The van der Waals surface area contributed by atoms with Crippen LogP contribution in [0.15, 0.2) is 9.05 Å². The molecule has 0 N–H and O–H groups in total. The molecule has 0 spiro atoms. The molecular weight excluding hydrogens is 350 g/mol. The number of carbonyl (C=O) groups is 2. The predicted molar refractivity (Wildman–Crippen MR) is 94.7 cm³/mol. The van der Waals surface area contributed by atoms with Gasteiger partial charge in [0.2, 0.25) is 17.7 Å². The lowest BCUT2D eigenvalue weighted by Gasteiger charge is -2.25. The molecule has 0 aliphatic carbocycles. The molecule has 146 valence electrons. The van der Waals surface area contributed by atoms with Crippen LogP contribution < -0.4 is 0 Å². The standard InChI is InChI=1S/C18H25N5O4/c1-11-15(12(2)26-20-11)5-6-17(25)22-8-7-16(18-19-13(3)21-27-18)23(10-9-22)14(4)24/h16H,5-10H2,1-4H3. The molecule has 9 heteroatoms. The minimum Gasteiger partial charge on any atom is -0.361 e. The van der Waals surface area contributed by atoms with Crippen LogP contribution in [0.25, 0.3) is 0 Å². The summed E-state index contributed by atoms with van der Waals surface area (Å²) >= 11 is 0. The molecule has 2 aromatic rings. The van der Waals surface area contributed by atoms with Crippen LogP contribution in [0.3, 0.4) is 0 Å². The predicted octanol–water partition coefficient (Wildman–Crippen LogP) is 1.74. The Bertz CT molecular complexity index is 808. The van der Waals surface area contributed by atoms with E-state index >= 15 is 0 Å². The summed E-state index contributed by atoms with van der Waals surface area (Å²) in [6, 6.07) is -0.302. The highest BCUT2D eigenvalue weighted by molar-refractivity contribution is 5.77. The van der Waals surface area contributed by atoms with Crippen LogP contribution in [0.4, 0.5) is 0 Å². The Hall–Kier alpha value is -2.71. The van der Waals surface area contributed by atoms with Crippen molar-refractivity contribution in [2.75, 3.05) is 19.6 Å². The van der Waals surface area contributed by atoms with Gasteiger partial charge in [-0.1, -0.05) is 10.3 Å². The Balaban J connectivity index is 1.66. The highest BCUT2D eigenvalue weighted by Gasteiger charge is 2.32. The van der Waals surface area contributed by atoms with Crippen LogP contribution in [0.1, 0.15) is 54.5 Å². The summed E-state index contributed by atoms with van der Waals surface area (Å²) in [7, 11) is 0. The normalized spacial score (nSPS) is 17.9. The maximum absolute atomic E-state index is 12.7. The summed E-state index contributed by atoms with van der Waals surface area (Å²) in [5, 5.41) is 7.75. The van der Waals surface area contributed by atoms with Crippen LogP contribution in [-0.4, -0.2) is 56.5 Å². The van der Waals surface area contributed by atoms with Crippen molar-refractivity contribution in [3.8, 4) is 0 Å². The fourth-order valence-electron chi connectivity index (χ4n) is 3.51. The quantitative estimate of drug-likeness (QED) is 0.801. The zero-order valence-electron chi connectivity index (χ0n) is 16.2. The molecule has 1 aliphatic heterocycles. The maximum Gasteiger partial charge on any atom is 0.249 e. The van der Waals surface area contributed by atoms with Crippen LogP contribution in [0.5, 0.6) is 0 Å². The van der Waals surface area contributed by atoms with Gasteiger partial charge in [-0.15, -0.1) is 0 Å². The van der Waals surface area contributed by atoms with Gasteiger partial charge in [0.15, 0.2) is 5.82 Å². The van der Waals surface area contributed by atoms with E-state index in [1.165, 1.54) is 6.92 Å². The van der Waals surface area contributed by atoms with Gasteiger partial charge in [0.05, 0.1) is 5.69 Å². The van der Waals surface area contributed by atoms with Crippen molar-refractivity contribution < 1.29 is 18.6 Å². The fourth-order valence-corrected chi connectivity index (χ4v) is 3.51. The van der Waals surface area contributed by atoms with Crippen molar-refractivity contribution in [1.82, 2.24) is 25.1 Å². The van der Waals surface area contributed by atoms with Crippen molar-refractivity contribution in [1.29, 1.82) is 0 Å². The van der Waals surface area contributed by atoms with Crippen molar-refractivity contribution in [3.63, 3.8) is 0 Å². The Morgan fingerprint density at radius 1 is 1.11 bits per heavy atom. The number of amides is 2. The first-order valence-corrected chi connectivity index (χ1v) is 9.13. The van der Waals surface area contributed by atoms with E-state index in [1.54, 1.807) is 16.7 Å². The van der Waals surface area contributed by atoms with Gasteiger partial charge in [0, 0.05) is 38.5 Å². The van der Waals surface area contributed by atoms with Gasteiger partial charge in [-0.3, -0.25) is 9.59 Å². The van der Waals surface area contributed by atoms with E-state index in [1.807, 2.05) is 13.8 Å². The molecule has 2 aromatic heterocycles. The van der Waals surface area contributed by atoms with Gasteiger partial charge in [0.1, 0.15) is 11.8 Å². The number of carbonyl (C=O) groups excluding carboxylic acids is 2. The third kappa shape index (κ3) is 4.17. The summed E-state index contributed by atoms with van der Waals surface area (Å²) in [6.45, 7) is 8.47. The van der Waals surface area contributed by atoms with Crippen LogP contribution in [0, 0.1) is 20.8 Å². The van der Waals surface area contributed by atoms with E-state index < -0.39 is 0 Å². The van der Waals surface area contributed by atoms with Crippen LogP contribution in [0.2, 0.25) is 0 Å². The molecule has 1 fully saturated rings. The molecule has 0 saturated carbocycles. The van der Waals surface area contributed by atoms with Gasteiger partial charge in [-0.05, 0) is 33.6 Å². The molecule has 0 aromatic carbocycles. The van der Waals surface area contributed by atoms with Crippen molar-refractivity contribution >= 4 is 11.8 Å². The molecule has 3 rings (SSSR count). The highest BCUT2D eigenvalue weighted by Crippen LogP contribution is 2.26. The summed E-state index contributed by atoms with van der Waals surface area (Å²) in [4.78, 5) is 32.6.